The van der Waals surface area contributed by atoms with E-state index < -0.39 is 17.7 Å². The van der Waals surface area contributed by atoms with Gasteiger partial charge in [0.15, 0.2) is 5.82 Å². The Morgan fingerprint density at radius 2 is 1.91 bits per heavy atom. The number of anilines is 1. The van der Waals surface area contributed by atoms with Crippen LogP contribution in [-0.2, 0) is 11.3 Å². The van der Waals surface area contributed by atoms with Gasteiger partial charge < -0.3 is 25.3 Å². The van der Waals surface area contributed by atoms with Gasteiger partial charge in [-0.3, -0.25) is 4.68 Å². The van der Waals surface area contributed by atoms with Crippen molar-refractivity contribution in [1.82, 2.24) is 30.0 Å². The highest BCUT2D eigenvalue weighted by molar-refractivity contribution is 5.76. The number of nitrogens with zero attached hydrogens (tertiary/aromatic N) is 7. The Morgan fingerprint density at radius 1 is 1.18 bits per heavy atom. The number of carbonyl (C=O) groups excluding carboxylic acids is 1. The molecule has 0 aliphatic carbocycles. The maximum atomic E-state index is 15.1. The molecule has 45 heavy (non-hydrogen) atoms. The van der Waals surface area contributed by atoms with E-state index in [1.807, 2.05) is 29.5 Å². The number of carbonyl (C=O) groups is 1. The van der Waals surface area contributed by atoms with Crippen molar-refractivity contribution in [2.75, 3.05) is 44.3 Å². The van der Waals surface area contributed by atoms with E-state index in [2.05, 4.69) is 15.3 Å². The molecule has 13 heteroatoms. The fraction of sp³-hybridized carbons (Fsp3) is 0.500. The van der Waals surface area contributed by atoms with Crippen molar-refractivity contribution < 1.29 is 18.3 Å². The molecule has 2 amide bonds. The molecule has 238 valence electrons. The number of benzene rings is 1. The number of halogens is 2. The molecule has 4 heterocycles. The van der Waals surface area contributed by atoms with Crippen LogP contribution in [0.5, 0.6) is 0 Å². The normalized spacial score (nSPS) is 16.4. The summed E-state index contributed by atoms with van der Waals surface area (Å²) in [5.74, 6) is -0.0796. The number of aryl methyl sites for hydroxylation is 2. The molecular weight excluding hydrogens is 580 g/mol. The summed E-state index contributed by atoms with van der Waals surface area (Å²) in [4.78, 5) is 25.7. The lowest BCUT2D eigenvalue weighted by atomic mass is 9.96. The molecule has 5 rings (SSSR count). The first-order chi connectivity index (χ1) is 21.7. The van der Waals surface area contributed by atoms with Gasteiger partial charge in [0.05, 0.1) is 29.6 Å². The van der Waals surface area contributed by atoms with Crippen molar-refractivity contribution in [2.24, 2.45) is 5.92 Å². The van der Waals surface area contributed by atoms with Crippen molar-refractivity contribution in [3.8, 4) is 17.3 Å². The van der Waals surface area contributed by atoms with E-state index in [0.717, 1.165) is 57.0 Å². The van der Waals surface area contributed by atoms with Crippen LogP contribution in [0.3, 0.4) is 0 Å². The zero-order valence-electron chi connectivity index (χ0n) is 25.9. The Bertz CT molecular complexity index is 1590. The van der Waals surface area contributed by atoms with Crippen molar-refractivity contribution in [2.45, 2.75) is 59.0 Å². The summed E-state index contributed by atoms with van der Waals surface area (Å²) in [5.41, 5.74) is 3.39. The maximum absolute atomic E-state index is 15.1. The third-order valence-corrected chi connectivity index (χ3v) is 8.83. The first kappa shape index (κ1) is 32.0. The molecule has 1 aromatic carbocycles. The molecule has 1 atom stereocenters. The third kappa shape index (κ3) is 7.12. The highest BCUT2D eigenvalue weighted by Gasteiger charge is 2.27. The van der Waals surface area contributed by atoms with E-state index in [4.69, 9.17) is 15.2 Å². The number of rotatable bonds is 9. The fourth-order valence-electron chi connectivity index (χ4n) is 6.14. The molecule has 2 aliphatic heterocycles. The van der Waals surface area contributed by atoms with Gasteiger partial charge in [0.1, 0.15) is 11.5 Å². The van der Waals surface area contributed by atoms with Crippen molar-refractivity contribution in [3.63, 3.8) is 0 Å². The summed E-state index contributed by atoms with van der Waals surface area (Å²) < 4.78 is 37.0. The Hall–Kier alpha value is -4.44. The van der Waals surface area contributed by atoms with Gasteiger partial charge in [-0.05, 0) is 75.4 Å². The van der Waals surface area contributed by atoms with Crippen molar-refractivity contribution in [3.05, 3.63) is 58.0 Å². The van der Waals surface area contributed by atoms with Gasteiger partial charge in [-0.25, -0.2) is 23.5 Å². The van der Waals surface area contributed by atoms with E-state index >= 15 is 4.39 Å². The van der Waals surface area contributed by atoms with E-state index in [0.29, 0.717) is 60.4 Å². The summed E-state index contributed by atoms with van der Waals surface area (Å²) in [7, 11) is 0. The molecule has 2 aromatic heterocycles. The number of nitrogens with one attached hydrogen (secondary N) is 2. The number of hydrogen-bond donors (Lipinski definition) is 2. The van der Waals surface area contributed by atoms with Gasteiger partial charge in [0, 0.05) is 63.6 Å². The highest BCUT2D eigenvalue weighted by atomic mass is 19.1. The van der Waals surface area contributed by atoms with Crippen LogP contribution in [0.15, 0.2) is 18.3 Å². The van der Waals surface area contributed by atoms with Crippen LogP contribution in [0.25, 0.3) is 11.3 Å². The second kappa shape index (κ2) is 14.1. The van der Waals surface area contributed by atoms with E-state index in [1.54, 1.807) is 17.9 Å². The van der Waals surface area contributed by atoms with E-state index in [-0.39, 0.29) is 23.7 Å². The van der Waals surface area contributed by atoms with Crippen LogP contribution in [0.2, 0.25) is 0 Å². The predicted octanol–water partition coefficient (Wildman–Crippen LogP) is 4.84. The summed E-state index contributed by atoms with van der Waals surface area (Å²) in [6, 6.07) is 3.63. The number of nitriles is 1. The average molecular weight is 620 g/mol. The van der Waals surface area contributed by atoms with Gasteiger partial charge in [-0.15, -0.1) is 0 Å². The maximum Gasteiger partial charge on any atom is 0.318 e. The zero-order valence-corrected chi connectivity index (χ0v) is 25.9. The first-order valence-corrected chi connectivity index (χ1v) is 15.3. The largest absolute Gasteiger partial charge is 0.381 e. The van der Waals surface area contributed by atoms with Gasteiger partial charge in [0.25, 0.3) is 0 Å². The minimum Gasteiger partial charge on any atom is -0.381 e. The summed E-state index contributed by atoms with van der Waals surface area (Å²) in [6.45, 7) is 9.29. The minimum atomic E-state index is -0.664. The lowest BCUT2D eigenvalue weighted by molar-refractivity contribution is 0.0622. The molecule has 3 aromatic rings. The second-order valence-corrected chi connectivity index (χ2v) is 11.7. The first-order valence-electron chi connectivity index (χ1n) is 15.3. The number of amides is 2. The van der Waals surface area contributed by atoms with E-state index in [1.165, 1.54) is 6.20 Å². The Morgan fingerprint density at radius 3 is 2.60 bits per heavy atom. The second-order valence-electron chi connectivity index (χ2n) is 11.7. The van der Waals surface area contributed by atoms with Crippen LogP contribution < -0.4 is 10.2 Å². The highest BCUT2D eigenvalue weighted by Crippen LogP contribution is 2.30. The summed E-state index contributed by atoms with van der Waals surface area (Å²) in [5, 5.41) is 24.5. The fourth-order valence-corrected chi connectivity index (χ4v) is 6.14. The predicted molar refractivity (Wildman–Crippen MR) is 165 cm³/mol. The van der Waals surface area contributed by atoms with Crippen LogP contribution >= 0.6 is 0 Å². The molecule has 2 aliphatic rings. The molecule has 11 nitrogen and oxygen atoms in total. The molecule has 2 fully saturated rings. The molecule has 0 spiro atoms. The lowest BCUT2D eigenvalue weighted by Gasteiger charge is -2.35. The van der Waals surface area contributed by atoms with Gasteiger partial charge >= 0.3 is 6.03 Å². The molecule has 0 unspecified atom stereocenters. The van der Waals surface area contributed by atoms with Crippen molar-refractivity contribution >= 4 is 18.2 Å². The van der Waals surface area contributed by atoms with Gasteiger partial charge in [-0.2, -0.15) is 10.4 Å². The van der Waals surface area contributed by atoms with Crippen LogP contribution in [-0.4, -0.2) is 76.3 Å². The minimum absolute atomic E-state index is 0.150. The number of ether oxygens (including phenoxy) is 1. The standard InChI is InChI=1S/C32H39F2N9O2/c1-20-25(16-24(18-36)17-26(20)33)28(4-8-35)38-32(44)42-12-10-41(11-13-42)31-37-19-27(34)30(39-31)29-21(2)40-43(22(29)3)9-5-23-6-14-45-15-7-23/h8,16-17,19,23,28,35H,4-7,9-15H2,1-3H3,(H,38,44)/t28-/m0/s1. The van der Waals surface area contributed by atoms with Crippen LogP contribution in [0, 0.1) is 55.1 Å². The molecule has 2 N–H and O–H groups in total. The van der Waals surface area contributed by atoms with Gasteiger partial charge in [0.2, 0.25) is 5.95 Å². The van der Waals surface area contributed by atoms with Crippen molar-refractivity contribution in [1.29, 1.82) is 10.7 Å². The topological polar surface area (TPSA) is 136 Å². The Labute approximate surface area is 261 Å². The molecular formula is C32H39F2N9O2. The number of piperazine rings is 1. The number of aromatic nitrogens is 4. The Kier molecular flexibility index (Phi) is 10.0. The monoisotopic (exact) mass is 619 g/mol. The molecule has 0 radical (unpaired) electrons. The average Bonchev–Trinajstić information content (AvgIpc) is 3.33. The SMILES string of the molecule is Cc1nn(CCC2CCOCC2)c(C)c1-c1nc(N2CCN(C(=O)N[C@@H](CC=N)c3cc(C#N)cc(F)c3C)CC2)ncc1F. The third-order valence-electron chi connectivity index (χ3n) is 8.83. The Balaban J connectivity index is 1.25. The van der Waals surface area contributed by atoms with E-state index in [9.17, 15) is 14.4 Å². The van der Waals surface area contributed by atoms with Crippen LogP contribution in [0.4, 0.5) is 19.5 Å². The molecule has 0 bridgehead atoms. The quantitative estimate of drug-likeness (QED) is 0.327. The number of hydrogen-bond acceptors (Lipinski definition) is 8. The zero-order chi connectivity index (χ0) is 32.1. The lowest BCUT2D eigenvalue weighted by Crippen LogP contribution is -2.52. The van der Waals surface area contributed by atoms with Crippen LogP contribution in [0.1, 0.15) is 59.8 Å². The smallest absolute Gasteiger partial charge is 0.318 e. The molecule has 0 saturated carbocycles. The summed E-state index contributed by atoms with van der Waals surface area (Å²) >= 11 is 0. The molecule has 2 saturated heterocycles. The number of urea groups is 1. The van der Waals surface area contributed by atoms with Gasteiger partial charge in [-0.1, -0.05) is 0 Å². The summed E-state index contributed by atoms with van der Waals surface area (Å²) in [6.07, 6.45) is 5.58.